The lowest BCUT2D eigenvalue weighted by Crippen LogP contribution is -2.33. The lowest BCUT2D eigenvalue weighted by Gasteiger charge is -2.08. The van der Waals surface area contributed by atoms with Crippen molar-refractivity contribution < 1.29 is 4.42 Å². The molecule has 2 rings (SSSR count). The zero-order valence-corrected chi connectivity index (χ0v) is 9.48. The van der Waals surface area contributed by atoms with Gasteiger partial charge in [-0.15, -0.1) is 0 Å². The van der Waals surface area contributed by atoms with Crippen LogP contribution in [-0.2, 0) is 0 Å². The van der Waals surface area contributed by atoms with E-state index in [9.17, 15) is 9.59 Å². The molecule has 0 aliphatic rings. The number of nitrogens with zero attached hydrogens (tertiary/aromatic N) is 1. The summed E-state index contributed by atoms with van der Waals surface area (Å²) in [5.41, 5.74) is 1.02. The second kappa shape index (κ2) is 3.63. The smallest absolute Gasteiger partial charge is 0.409 e. The van der Waals surface area contributed by atoms with Crippen molar-refractivity contribution in [2.75, 3.05) is 0 Å². The highest BCUT2D eigenvalue weighted by Crippen LogP contribution is 2.10. The topological polar surface area (TPSA) is 52.2 Å². The molecule has 0 radical (unpaired) electrons. The summed E-state index contributed by atoms with van der Waals surface area (Å²) in [4.78, 5) is 23.6. The quantitative estimate of drug-likeness (QED) is 0.735. The fraction of sp³-hybridized carbons (Fsp3) is 0.333. The Labute approximate surface area is 92.1 Å². The Hall–Kier alpha value is -1.84. The molecular formula is C12H13NO3. The standard InChI is InChI=1S/C12H13NO3/c1-7(2)13-11(14)9-6-8(3)4-5-10(9)16-12(13)15/h4-7H,1-3H3. The van der Waals surface area contributed by atoms with Crippen molar-refractivity contribution in [1.29, 1.82) is 0 Å². The van der Waals surface area contributed by atoms with Gasteiger partial charge in [0, 0.05) is 6.04 Å². The summed E-state index contributed by atoms with van der Waals surface area (Å²) in [5.74, 6) is -0.601. The van der Waals surface area contributed by atoms with Crippen LogP contribution >= 0.6 is 0 Å². The van der Waals surface area contributed by atoms with E-state index in [1.807, 2.05) is 13.0 Å². The van der Waals surface area contributed by atoms with Gasteiger partial charge in [0.1, 0.15) is 5.58 Å². The van der Waals surface area contributed by atoms with E-state index < -0.39 is 5.76 Å². The number of rotatable bonds is 1. The third-order valence-corrected chi connectivity index (χ3v) is 2.49. The predicted molar refractivity (Wildman–Crippen MR) is 61.9 cm³/mol. The lowest BCUT2D eigenvalue weighted by molar-refractivity contribution is 0.426. The van der Waals surface area contributed by atoms with Gasteiger partial charge in [-0.2, -0.15) is 0 Å². The Morgan fingerprint density at radius 3 is 2.56 bits per heavy atom. The van der Waals surface area contributed by atoms with Gasteiger partial charge in [0.15, 0.2) is 0 Å². The third-order valence-electron chi connectivity index (χ3n) is 2.49. The summed E-state index contributed by atoms with van der Waals surface area (Å²) in [6.07, 6.45) is 0. The number of hydrogen-bond acceptors (Lipinski definition) is 3. The van der Waals surface area contributed by atoms with Gasteiger partial charge in [0.05, 0.1) is 5.39 Å². The highest BCUT2D eigenvalue weighted by Gasteiger charge is 2.11. The first kappa shape index (κ1) is 10.7. The first-order chi connectivity index (χ1) is 7.50. The molecular weight excluding hydrogens is 206 g/mol. The maximum atomic E-state index is 12.0. The van der Waals surface area contributed by atoms with Crippen molar-refractivity contribution in [3.63, 3.8) is 0 Å². The average Bonchev–Trinajstić information content (AvgIpc) is 2.19. The van der Waals surface area contributed by atoms with Gasteiger partial charge in [0.2, 0.25) is 0 Å². The molecule has 4 heteroatoms. The number of hydrogen-bond donors (Lipinski definition) is 0. The molecule has 0 atom stereocenters. The Morgan fingerprint density at radius 1 is 1.25 bits per heavy atom. The molecule has 1 aromatic heterocycles. The van der Waals surface area contributed by atoms with Gasteiger partial charge in [-0.3, -0.25) is 4.79 Å². The molecule has 2 aromatic rings. The minimum absolute atomic E-state index is 0.200. The Balaban J connectivity index is 2.97. The van der Waals surface area contributed by atoms with Crippen LogP contribution in [-0.4, -0.2) is 4.57 Å². The van der Waals surface area contributed by atoms with Gasteiger partial charge in [0.25, 0.3) is 5.56 Å². The van der Waals surface area contributed by atoms with Crippen LogP contribution in [0, 0.1) is 6.92 Å². The van der Waals surface area contributed by atoms with Crippen LogP contribution in [0.3, 0.4) is 0 Å². The van der Waals surface area contributed by atoms with Crippen LogP contribution in [0.15, 0.2) is 32.2 Å². The molecule has 84 valence electrons. The van der Waals surface area contributed by atoms with Crippen LogP contribution in [0.5, 0.6) is 0 Å². The SMILES string of the molecule is Cc1ccc2oc(=O)n(C(C)C)c(=O)c2c1. The molecule has 0 spiro atoms. The average molecular weight is 219 g/mol. The predicted octanol–water partition coefficient (Wildman–Crippen LogP) is 1.84. The molecule has 16 heavy (non-hydrogen) atoms. The van der Waals surface area contributed by atoms with E-state index in [2.05, 4.69) is 0 Å². The monoisotopic (exact) mass is 219 g/mol. The molecule has 0 aliphatic carbocycles. The van der Waals surface area contributed by atoms with Crippen molar-refractivity contribution in [3.05, 3.63) is 44.7 Å². The molecule has 0 saturated heterocycles. The Kier molecular flexibility index (Phi) is 2.42. The van der Waals surface area contributed by atoms with Crippen molar-refractivity contribution in [2.45, 2.75) is 26.8 Å². The first-order valence-corrected chi connectivity index (χ1v) is 5.16. The van der Waals surface area contributed by atoms with Crippen molar-refractivity contribution in [1.82, 2.24) is 4.57 Å². The number of fused-ring (bicyclic) bond motifs is 1. The van der Waals surface area contributed by atoms with Gasteiger partial charge in [-0.05, 0) is 32.9 Å². The molecule has 0 bridgehead atoms. The summed E-state index contributed by atoms with van der Waals surface area (Å²) >= 11 is 0. The summed E-state index contributed by atoms with van der Waals surface area (Å²) in [7, 11) is 0. The fourth-order valence-electron chi connectivity index (χ4n) is 1.70. The van der Waals surface area contributed by atoms with Crippen molar-refractivity contribution >= 4 is 11.0 Å². The maximum Gasteiger partial charge on any atom is 0.422 e. The molecule has 0 fully saturated rings. The maximum absolute atomic E-state index is 12.0. The molecule has 0 aliphatic heterocycles. The largest absolute Gasteiger partial charge is 0.422 e. The molecule has 1 heterocycles. The van der Waals surface area contributed by atoms with Crippen LogP contribution in [0.25, 0.3) is 11.0 Å². The lowest BCUT2D eigenvalue weighted by atomic mass is 10.2. The van der Waals surface area contributed by atoms with E-state index in [0.29, 0.717) is 11.0 Å². The van der Waals surface area contributed by atoms with Crippen molar-refractivity contribution in [2.24, 2.45) is 0 Å². The molecule has 0 saturated carbocycles. The van der Waals surface area contributed by atoms with Crippen LogP contribution in [0.1, 0.15) is 25.5 Å². The summed E-state index contributed by atoms with van der Waals surface area (Å²) in [6.45, 7) is 5.45. The van der Waals surface area contributed by atoms with Gasteiger partial charge in [-0.25, -0.2) is 9.36 Å². The second-order valence-corrected chi connectivity index (χ2v) is 4.14. The Morgan fingerprint density at radius 2 is 1.94 bits per heavy atom. The van der Waals surface area contributed by atoms with Gasteiger partial charge >= 0.3 is 5.76 Å². The third kappa shape index (κ3) is 1.56. The summed E-state index contributed by atoms with van der Waals surface area (Å²) < 4.78 is 6.22. The molecule has 4 nitrogen and oxygen atoms in total. The fourth-order valence-corrected chi connectivity index (χ4v) is 1.70. The number of aryl methyl sites for hydroxylation is 1. The van der Waals surface area contributed by atoms with E-state index >= 15 is 0 Å². The van der Waals surface area contributed by atoms with Crippen LogP contribution in [0.4, 0.5) is 0 Å². The zero-order valence-electron chi connectivity index (χ0n) is 9.48. The summed E-state index contributed by atoms with van der Waals surface area (Å²) in [6, 6.07) is 5.00. The zero-order chi connectivity index (χ0) is 11.9. The molecule has 1 aromatic carbocycles. The summed E-state index contributed by atoms with van der Waals surface area (Å²) in [5, 5.41) is 0.452. The van der Waals surface area contributed by atoms with E-state index in [4.69, 9.17) is 4.42 Å². The van der Waals surface area contributed by atoms with E-state index in [1.165, 1.54) is 0 Å². The first-order valence-electron chi connectivity index (χ1n) is 5.16. The highest BCUT2D eigenvalue weighted by atomic mass is 16.4. The van der Waals surface area contributed by atoms with E-state index in [-0.39, 0.29) is 11.6 Å². The van der Waals surface area contributed by atoms with Crippen LogP contribution < -0.4 is 11.3 Å². The van der Waals surface area contributed by atoms with Gasteiger partial charge < -0.3 is 4.42 Å². The van der Waals surface area contributed by atoms with E-state index in [0.717, 1.165) is 10.1 Å². The molecule has 0 N–H and O–H groups in total. The van der Waals surface area contributed by atoms with E-state index in [1.54, 1.807) is 26.0 Å². The molecule has 0 amide bonds. The number of benzene rings is 1. The second-order valence-electron chi connectivity index (χ2n) is 4.14. The minimum atomic E-state index is -0.601. The molecule has 0 unspecified atom stereocenters. The highest BCUT2D eigenvalue weighted by molar-refractivity contribution is 5.76. The van der Waals surface area contributed by atoms with Crippen LogP contribution in [0.2, 0.25) is 0 Å². The minimum Gasteiger partial charge on any atom is -0.409 e. The Bertz CT molecular complexity index is 649. The van der Waals surface area contributed by atoms with Crippen molar-refractivity contribution in [3.8, 4) is 0 Å². The van der Waals surface area contributed by atoms with Gasteiger partial charge in [-0.1, -0.05) is 11.6 Å². The normalized spacial score (nSPS) is 11.2. The number of aromatic nitrogens is 1.